The van der Waals surface area contributed by atoms with Crippen LogP contribution in [0, 0.1) is 0 Å². The van der Waals surface area contributed by atoms with E-state index in [4.69, 9.17) is 4.52 Å². The summed E-state index contributed by atoms with van der Waals surface area (Å²) in [7, 11) is 1.78. The zero-order valence-electron chi connectivity index (χ0n) is 9.98. The summed E-state index contributed by atoms with van der Waals surface area (Å²) in [6.07, 6.45) is 3.36. The van der Waals surface area contributed by atoms with Gasteiger partial charge >= 0.3 is 0 Å². The van der Waals surface area contributed by atoms with E-state index in [1.807, 2.05) is 0 Å². The lowest BCUT2D eigenvalue weighted by atomic mass is 10.2. The first-order valence-electron chi connectivity index (χ1n) is 5.49. The Labute approximate surface area is 107 Å². The summed E-state index contributed by atoms with van der Waals surface area (Å²) in [6.45, 7) is 0. The van der Waals surface area contributed by atoms with Gasteiger partial charge in [-0.1, -0.05) is 11.2 Å². The van der Waals surface area contributed by atoms with Crippen LogP contribution in [-0.4, -0.2) is 30.1 Å². The number of hydrogen-bond donors (Lipinski definition) is 2. The van der Waals surface area contributed by atoms with Gasteiger partial charge in [0, 0.05) is 13.2 Å². The Morgan fingerprint density at radius 3 is 2.84 bits per heavy atom. The molecule has 0 unspecified atom stereocenters. The lowest BCUT2D eigenvalue weighted by Gasteiger charge is -2.00. The van der Waals surface area contributed by atoms with Crippen molar-refractivity contribution in [2.45, 2.75) is 0 Å². The van der Waals surface area contributed by atoms with Crippen LogP contribution < -0.4 is 0 Å². The Kier molecular flexibility index (Phi) is 2.45. The van der Waals surface area contributed by atoms with Crippen LogP contribution >= 0.6 is 0 Å². The number of aryl methyl sites for hydroxylation is 1. The average molecular weight is 258 g/mol. The Balaban J connectivity index is 2.04. The highest BCUT2D eigenvalue weighted by Gasteiger charge is 2.16. The van der Waals surface area contributed by atoms with Gasteiger partial charge in [-0.15, -0.1) is 0 Å². The molecule has 0 saturated carbocycles. The van der Waals surface area contributed by atoms with Crippen molar-refractivity contribution >= 4 is 0 Å². The smallest absolute Gasteiger partial charge is 0.262 e. The number of phenols is 2. The molecule has 0 saturated heterocycles. The summed E-state index contributed by atoms with van der Waals surface area (Å²) in [4.78, 5) is 4.16. The van der Waals surface area contributed by atoms with E-state index in [2.05, 4.69) is 15.2 Å². The van der Waals surface area contributed by atoms with E-state index in [-0.39, 0.29) is 23.0 Å². The van der Waals surface area contributed by atoms with Crippen molar-refractivity contribution in [2.24, 2.45) is 7.05 Å². The molecule has 0 aliphatic heterocycles. The van der Waals surface area contributed by atoms with Gasteiger partial charge in [0.25, 0.3) is 5.89 Å². The average Bonchev–Trinajstić information content (AvgIpc) is 3.01. The normalized spacial score (nSPS) is 10.8. The highest BCUT2D eigenvalue weighted by Crippen LogP contribution is 2.35. The maximum absolute atomic E-state index is 9.74. The lowest BCUT2D eigenvalue weighted by Crippen LogP contribution is -1.84. The molecular weight excluding hydrogens is 248 g/mol. The molecule has 96 valence electrons. The van der Waals surface area contributed by atoms with Crippen LogP contribution in [0.25, 0.3) is 22.8 Å². The molecule has 2 aromatic heterocycles. The summed E-state index contributed by atoms with van der Waals surface area (Å²) < 4.78 is 6.70. The van der Waals surface area contributed by atoms with Crippen molar-refractivity contribution < 1.29 is 14.7 Å². The van der Waals surface area contributed by atoms with Crippen molar-refractivity contribution in [3.05, 3.63) is 30.6 Å². The maximum Gasteiger partial charge on any atom is 0.262 e. The van der Waals surface area contributed by atoms with Crippen LogP contribution in [0.1, 0.15) is 0 Å². The predicted molar refractivity (Wildman–Crippen MR) is 65.3 cm³/mol. The minimum Gasteiger partial charge on any atom is -0.504 e. The fraction of sp³-hybridized carbons (Fsp3) is 0.0833. The highest BCUT2D eigenvalue weighted by atomic mass is 16.5. The van der Waals surface area contributed by atoms with E-state index in [1.165, 1.54) is 6.07 Å². The number of nitrogens with zero attached hydrogens (tertiary/aromatic N) is 4. The van der Waals surface area contributed by atoms with Crippen molar-refractivity contribution in [2.75, 3.05) is 0 Å². The first kappa shape index (κ1) is 11.3. The van der Waals surface area contributed by atoms with Crippen LogP contribution in [0.3, 0.4) is 0 Å². The Morgan fingerprint density at radius 2 is 2.11 bits per heavy atom. The Morgan fingerprint density at radius 1 is 1.26 bits per heavy atom. The molecule has 19 heavy (non-hydrogen) atoms. The molecule has 2 N–H and O–H groups in total. The van der Waals surface area contributed by atoms with Crippen molar-refractivity contribution in [1.82, 2.24) is 19.9 Å². The van der Waals surface area contributed by atoms with Gasteiger partial charge < -0.3 is 14.7 Å². The lowest BCUT2D eigenvalue weighted by molar-refractivity contribution is 0.397. The molecule has 0 spiro atoms. The van der Waals surface area contributed by atoms with Gasteiger partial charge in [-0.2, -0.15) is 10.1 Å². The number of hydrogen-bond acceptors (Lipinski definition) is 6. The molecule has 1 aromatic carbocycles. The molecule has 3 aromatic rings. The van der Waals surface area contributed by atoms with E-state index < -0.39 is 0 Å². The number of rotatable bonds is 2. The molecule has 0 amide bonds. The van der Waals surface area contributed by atoms with Crippen molar-refractivity contribution in [3.8, 4) is 34.3 Å². The summed E-state index contributed by atoms with van der Waals surface area (Å²) in [5.41, 5.74) is 0.986. The van der Waals surface area contributed by atoms with Crippen LogP contribution in [0.2, 0.25) is 0 Å². The van der Waals surface area contributed by atoms with Crippen LogP contribution in [0.5, 0.6) is 11.5 Å². The summed E-state index contributed by atoms with van der Waals surface area (Å²) in [5, 5.41) is 27.0. The Hall–Kier alpha value is -2.83. The number of para-hydroxylation sites is 1. The van der Waals surface area contributed by atoms with Crippen LogP contribution in [0.4, 0.5) is 0 Å². The number of aromatic hydroxyl groups is 2. The molecule has 0 radical (unpaired) electrons. The second-order valence-corrected chi connectivity index (χ2v) is 4.00. The molecule has 0 fully saturated rings. The first-order chi connectivity index (χ1) is 9.15. The molecule has 0 bridgehead atoms. The summed E-state index contributed by atoms with van der Waals surface area (Å²) in [5.74, 6) is -0.0272. The van der Waals surface area contributed by atoms with Gasteiger partial charge in [0.05, 0.1) is 17.3 Å². The largest absolute Gasteiger partial charge is 0.504 e. The van der Waals surface area contributed by atoms with E-state index in [0.717, 1.165) is 0 Å². The highest BCUT2D eigenvalue weighted by molar-refractivity contribution is 5.67. The van der Waals surface area contributed by atoms with Gasteiger partial charge in [-0.3, -0.25) is 4.68 Å². The number of aromatic nitrogens is 4. The minimum atomic E-state index is -0.288. The van der Waals surface area contributed by atoms with Gasteiger partial charge in [-0.05, 0) is 12.1 Å². The molecule has 2 heterocycles. The maximum atomic E-state index is 9.74. The first-order valence-corrected chi connectivity index (χ1v) is 5.49. The number of phenolic OH excluding ortho intramolecular Hbond substituents is 2. The van der Waals surface area contributed by atoms with Crippen LogP contribution in [-0.2, 0) is 7.05 Å². The topological polar surface area (TPSA) is 97.2 Å². The second-order valence-electron chi connectivity index (χ2n) is 4.00. The van der Waals surface area contributed by atoms with Gasteiger partial charge in [0.1, 0.15) is 0 Å². The van der Waals surface area contributed by atoms with E-state index in [1.54, 1.807) is 36.3 Å². The predicted octanol–water partition coefficient (Wildman–Crippen LogP) is 1.55. The fourth-order valence-corrected chi connectivity index (χ4v) is 1.69. The molecule has 7 heteroatoms. The quantitative estimate of drug-likeness (QED) is 0.677. The molecule has 0 aliphatic carbocycles. The monoisotopic (exact) mass is 258 g/mol. The third-order valence-electron chi connectivity index (χ3n) is 2.63. The van der Waals surface area contributed by atoms with Crippen molar-refractivity contribution in [1.29, 1.82) is 0 Å². The summed E-state index contributed by atoms with van der Waals surface area (Å²) >= 11 is 0. The second kappa shape index (κ2) is 4.13. The van der Waals surface area contributed by atoms with Gasteiger partial charge in [0.15, 0.2) is 11.5 Å². The third kappa shape index (κ3) is 1.90. The van der Waals surface area contributed by atoms with Gasteiger partial charge in [0.2, 0.25) is 5.82 Å². The van der Waals surface area contributed by atoms with E-state index in [9.17, 15) is 10.2 Å². The summed E-state index contributed by atoms with van der Waals surface area (Å²) in [6, 6.07) is 4.53. The zero-order chi connectivity index (χ0) is 13.4. The van der Waals surface area contributed by atoms with Crippen molar-refractivity contribution in [3.63, 3.8) is 0 Å². The molecule has 3 rings (SSSR count). The minimum absolute atomic E-state index is 0.132. The number of benzene rings is 1. The Bertz CT molecular complexity index is 732. The molecule has 0 aliphatic rings. The SMILES string of the molecule is Cn1cc(-c2noc(-c3cccc(O)c3O)n2)cn1. The van der Waals surface area contributed by atoms with E-state index >= 15 is 0 Å². The van der Waals surface area contributed by atoms with Gasteiger partial charge in [-0.25, -0.2) is 0 Å². The third-order valence-corrected chi connectivity index (χ3v) is 2.63. The fourth-order valence-electron chi connectivity index (χ4n) is 1.69. The zero-order valence-corrected chi connectivity index (χ0v) is 9.98. The standard InChI is InChI=1S/C12H10N4O3/c1-16-6-7(5-13-16)11-14-12(19-15-11)8-3-2-4-9(17)10(8)18/h2-6,17-18H,1H3. The molecule has 0 atom stereocenters. The molecular formula is C12H10N4O3. The molecule has 7 nitrogen and oxygen atoms in total. The van der Waals surface area contributed by atoms with Crippen LogP contribution in [0.15, 0.2) is 35.1 Å². The van der Waals surface area contributed by atoms with E-state index in [0.29, 0.717) is 11.4 Å².